The molecule has 15 heavy (non-hydrogen) atoms. The van der Waals surface area contributed by atoms with Crippen LogP contribution in [0.2, 0.25) is 0 Å². The highest BCUT2D eigenvalue weighted by Gasteiger charge is 2.18. The first-order valence-electron chi connectivity index (χ1n) is 6.51. The molecule has 0 aromatic carbocycles. The van der Waals surface area contributed by atoms with E-state index in [1.165, 1.54) is 32.1 Å². The van der Waals surface area contributed by atoms with Crippen LogP contribution in [-0.2, 0) is 0 Å². The SMILES string of the molecule is CC1CCC(CCNC(C)C(C)O)CC1. The van der Waals surface area contributed by atoms with Crippen molar-refractivity contribution in [2.75, 3.05) is 6.54 Å². The standard InChI is InChI=1S/C13H27NO/c1-10-4-6-13(7-5-10)8-9-14-11(2)12(3)15/h10-15H,4-9H2,1-3H3. The molecule has 1 aliphatic carbocycles. The minimum absolute atomic E-state index is 0.229. The lowest BCUT2D eigenvalue weighted by Crippen LogP contribution is -2.36. The van der Waals surface area contributed by atoms with Crippen LogP contribution in [0.15, 0.2) is 0 Å². The second-order valence-electron chi connectivity index (χ2n) is 5.40. The first-order valence-corrected chi connectivity index (χ1v) is 6.51. The Morgan fingerprint density at radius 3 is 2.33 bits per heavy atom. The quantitative estimate of drug-likeness (QED) is 0.735. The van der Waals surface area contributed by atoms with Crippen LogP contribution in [0.25, 0.3) is 0 Å². The zero-order chi connectivity index (χ0) is 11.3. The Morgan fingerprint density at radius 1 is 1.20 bits per heavy atom. The summed E-state index contributed by atoms with van der Waals surface area (Å²) in [5.41, 5.74) is 0. The maximum atomic E-state index is 9.33. The van der Waals surface area contributed by atoms with Crippen molar-refractivity contribution < 1.29 is 5.11 Å². The van der Waals surface area contributed by atoms with Gasteiger partial charge in [0.2, 0.25) is 0 Å². The van der Waals surface area contributed by atoms with Crippen LogP contribution in [0.4, 0.5) is 0 Å². The fourth-order valence-corrected chi connectivity index (χ4v) is 2.30. The monoisotopic (exact) mass is 213 g/mol. The van der Waals surface area contributed by atoms with E-state index >= 15 is 0 Å². The predicted molar refractivity (Wildman–Crippen MR) is 64.9 cm³/mol. The van der Waals surface area contributed by atoms with E-state index < -0.39 is 0 Å². The molecule has 2 unspecified atom stereocenters. The van der Waals surface area contributed by atoms with Gasteiger partial charge in [-0.05, 0) is 38.6 Å². The topological polar surface area (TPSA) is 32.3 Å². The Bertz CT molecular complexity index is 162. The highest BCUT2D eigenvalue weighted by Crippen LogP contribution is 2.29. The van der Waals surface area contributed by atoms with E-state index in [1.54, 1.807) is 0 Å². The summed E-state index contributed by atoms with van der Waals surface area (Å²) < 4.78 is 0. The average molecular weight is 213 g/mol. The van der Waals surface area contributed by atoms with Crippen molar-refractivity contribution >= 4 is 0 Å². The molecule has 90 valence electrons. The summed E-state index contributed by atoms with van der Waals surface area (Å²) >= 11 is 0. The van der Waals surface area contributed by atoms with E-state index in [1.807, 2.05) is 13.8 Å². The number of hydrogen-bond donors (Lipinski definition) is 2. The van der Waals surface area contributed by atoms with Crippen molar-refractivity contribution in [2.45, 2.75) is 65.0 Å². The molecule has 0 heterocycles. The summed E-state index contributed by atoms with van der Waals surface area (Å²) in [6.07, 6.45) is 6.69. The normalized spacial score (nSPS) is 31.2. The molecule has 0 bridgehead atoms. The third-order valence-electron chi connectivity index (χ3n) is 3.88. The third kappa shape index (κ3) is 4.98. The molecule has 0 aliphatic heterocycles. The highest BCUT2D eigenvalue weighted by molar-refractivity contribution is 4.72. The number of aliphatic hydroxyl groups is 1. The molecule has 2 heteroatoms. The average Bonchev–Trinajstić information content (AvgIpc) is 2.20. The van der Waals surface area contributed by atoms with Crippen molar-refractivity contribution in [3.05, 3.63) is 0 Å². The Morgan fingerprint density at radius 2 is 1.80 bits per heavy atom. The fraction of sp³-hybridized carbons (Fsp3) is 1.00. The van der Waals surface area contributed by atoms with Crippen molar-refractivity contribution in [1.82, 2.24) is 5.32 Å². The third-order valence-corrected chi connectivity index (χ3v) is 3.88. The van der Waals surface area contributed by atoms with E-state index in [4.69, 9.17) is 0 Å². The summed E-state index contributed by atoms with van der Waals surface area (Å²) in [7, 11) is 0. The van der Waals surface area contributed by atoms with Gasteiger partial charge in [0.15, 0.2) is 0 Å². The van der Waals surface area contributed by atoms with Crippen molar-refractivity contribution in [2.24, 2.45) is 11.8 Å². The van der Waals surface area contributed by atoms with Gasteiger partial charge in [0, 0.05) is 6.04 Å². The maximum Gasteiger partial charge on any atom is 0.0662 e. The molecule has 0 saturated heterocycles. The van der Waals surface area contributed by atoms with Gasteiger partial charge in [-0.15, -0.1) is 0 Å². The van der Waals surface area contributed by atoms with E-state index in [-0.39, 0.29) is 12.1 Å². The van der Waals surface area contributed by atoms with Gasteiger partial charge in [0.25, 0.3) is 0 Å². The van der Waals surface area contributed by atoms with E-state index in [9.17, 15) is 5.11 Å². The molecule has 0 aromatic rings. The number of hydrogen-bond acceptors (Lipinski definition) is 2. The predicted octanol–water partition coefficient (Wildman–Crippen LogP) is 2.56. The van der Waals surface area contributed by atoms with Crippen molar-refractivity contribution in [3.8, 4) is 0 Å². The second kappa shape index (κ2) is 6.49. The lowest BCUT2D eigenvalue weighted by molar-refractivity contribution is 0.150. The molecule has 0 amide bonds. The molecule has 1 saturated carbocycles. The Labute approximate surface area is 94.5 Å². The summed E-state index contributed by atoms with van der Waals surface area (Å²) in [6, 6.07) is 0.229. The van der Waals surface area contributed by atoms with Gasteiger partial charge >= 0.3 is 0 Å². The molecule has 1 rings (SSSR count). The number of rotatable bonds is 5. The first kappa shape index (κ1) is 13.0. The highest BCUT2D eigenvalue weighted by atomic mass is 16.3. The first-order chi connectivity index (χ1) is 7.09. The summed E-state index contributed by atoms with van der Waals surface area (Å²) in [5, 5.41) is 12.7. The Balaban J connectivity index is 2.05. The minimum atomic E-state index is -0.239. The van der Waals surface area contributed by atoms with Gasteiger partial charge in [-0.2, -0.15) is 0 Å². The zero-order valence-electron chi connectivity index (χ0n) is 10.5. The molecular formula is C13H27NO. The molecule has 0 aromatic heterocycles. The number of nitrogens with one attached hydrogen (secondary N) is 1. The largest absolute Gasteiger partial charge is 0.392 e. The van der Waals surface area contributed by atoms with Crippen molar-refractivity contribution in [1.29, 1.82) is 0 Å². The van der Waals surface area contributed by atoms with Crippen LogP contribution >= 0.6 is 0 Å². The van der Waals surface area contributed by atoms with Crippen molar-refractivity contribution in [3.63, 3.8) is 0 Å². The summed E-state index contributed by atoms with van der Waals surface area (Å²) in [6.45, 7) is 7.32. The van der Waals surface area contributed by atoms with E-state index in [0.717, 1.165) is 18.4 Å². The lowest BCUT2D eigenvalue weighted by atomic mass is 9.81. The van der Waals surface area contributed by atoms with Crippen LogP contribution in [-0.4, -0.2) is 23.8 Å². The van der Waals surface area contributed by atoms with Crippen LogP contribution in [0, 0.1) is 11.8 Å². The minimum Gasteiger partial charge on any atom is -0.392 e. The van der Waals surface area contributed by atoms with Crippen LogP contribution < -0.4 is 5.32 Å². The molecule has 1 aliphatic rings. The van der Waals surface area contributed by atoms with E-state index in [2.05, 4.69) is 12.2 Å². The van der Waals surface area contributed by atoms with Gasteiger partial charge in [-0.3, -0.25) is 0 Å². The Hall–Kier alpha value is -0.0800. The molecule has 0 spiro atoms. The van der Waals surface area contributed by atoms with Crippen LogP contribution in [0.3, 0.4) is 0 Å². The summed E-state index contributed by atoms with van der Waals surface area (Å²) in [4.78, 5) is 0. The van der Waals surface area contributed by atoms with E-state index in [0.29, 0.717) is 0 Å². The molecule has 2 nitrogen and oxygen atoms in total. The molecule has 2 N–H and O–H groups in total. The molecule has 1 fully saturated rings. The fourth-order valence-electron chi connectivity index (χ4n) is 2.30. The van der Waals surface area contributed by atoms with Crippen LogP contribution in [0.5, 0.6) is 0 Å². The zero-order valence-corrected chi connectivity index (χ0v) is 10.5. The van der Waals surface area contributed by atoms with Gasteiger partial charge in [-0.1, -0.05) is 32.6 Å². The summed E-state index contributed by atoms with van der Waals surface area (Å²) in [5.74, 6) is 1.88. The Kier molecular flexibility index (Phi) is 5.62. The van der Waals surface area contributed by atoms with Gasteiger partial charge in [0.05, 0.1) is 6.10 Å². The van der Waals surface area contributed by atoms with Crippen LogP contribution in [0.1, 0.15) is 52.9 Å². The van der Waals surface area contributed by atoms with Gasteiger partial charge in [-0.25, -0.2) is 0 Å². The maximum absolute atomic E-state index is 9.33. The van der Waals surface area contributed by atoms with Gasteiger partial charge in [0.1, 0.15) is 0 Å². The lowest BCUT2D eigenvalue weighted by Gasteiger charge is -2.27. The number of aliphatic hydroxyl groups excluding tert-OH is 1. The second-order valence-corrected chi connectivity index (χ2v) is 5.40. The van der Waals surface area contributed by atoms with Gasteiger partial charge < -0.3 is 10.4 Å². The molecule has 0 radical (unpaired) electrons. The molecule has 2 atom stereocenters. The smallest absolute Gasteiger partial charge is 0.0662 e. The molecular weight excluding hydrogens is 186 g/mol.